The zero-order valence-electron chi connectivity index (χ0n) is 18.2. The predicted octanol–water partition coefficient (Wildman–Crippen LogP) is 4.14. The van der Waals surface area contributed by atoms with Gasteiger partial charge >= 0.3 is 0 Å². The summed E-state index contributed by atoms with van der Waals surface area (Å²) in [5.41, 5.74) is 2.24. The summed E-state index contributed by atoms with van der Waals surface area (Å²) in [5, 5.41) is 11.1. The molecule has 1 aliphatic rings. The molecule has 1 N–H and O–H groups in total. The van der Waals surface area contributed by atoms with E-state index < -0.39 is 17.7 Å². The van der Waals surface area contributed by atoms with E-state index in [4.69, 9.17) is 4.74 Å². The van der Waals surface area contributed by atoms with Gasteiger partial charge in [0.2, 0.25) is 0 Å². The quantitative estimate of drug-likeness (QED) is 0.361. The van der Waals surface area contributed by atoms with Gasteiger partial charge in [0.25, 0.3) is 11.7 Å². The number of rotatable bonds is 7. The van der Waals surface area contributed by atoms with Crippen LogP contribution in [0.1, 0.15) is 29.2 Å². The van der Waals surface area contributed by atoms with Crippen LogP contribution >= 0.6 is 15.9 Å². The minimum atomic E-state index is -0.679. The number of carbonyl (C=O) groups excluding carboxylic acids is 2. The molecule has 0 bridgehead atoms. The number of aryl methyl sites for hydroxylation is 1. The van der Waals surface area contributed by atoms with E-state index in [1.807, 2.05) is 44.1 Å². The van der Waals surface area contributed by atoms with Crippen molar-refractivity contribution in [2.45, 2.75) is 19.4 Å². The van der Waals surface area contributed by atoms with Gasteiger partial charge in [-0.25, -0.2) is 0 Å². The number of nitrogens with zero attached hydrogens (tertiary/aromatic N) is 2. The summed E-state index contributed by atoms with van der Waals surface area (Å²) < 4.78 is 6.25. The van der Waals surface area contributed by atoms with Crippen LogP contribution in [-0.2, 0) is 9.59 Å². The molecule has 1 heterocycles. The van der Waals surface area contributed by atoms with Crippen LogP contribution in [0.4, 0.5) is 0 Å². The highest BCUT2D eigenvalue weighted by atomic mass is 79.9. The molecule has 1 aliphatic heterocycles. The lowest BCUT2D eigenvalue weighted by Crippen LogP contribution is -2.32. The number of aliphatic hydroxyl groups is 1. The first-order valence-electron chi connectivity index (χ1n) is 10.1. The Morgan fingerprint density at radius 2 is 1.94 bits per heavy atom. The Morgan fingerprint density at radius 1 is 1.19 bits per heavy atom. The van der Waals surface area contributed by atoms with Gasteiger partial charge in [-0.3, -0.25) is 9.59 Å². The maximum atomic E-state index is 13.1. The number of amides is 1. The van der Waals surface area contributed by atoms with E-state index in [2.05, 4.69) is 15.9 Å². The zero-order valence-corrected chi connectivity index (χ0v) is 19.8. The third-order valence-electron chi connectivity index (χ3n) is 5.39. The van der Waals surface area contributed by atoms with Gasteiger partial charge in [0.1, 0.15) is 11.5 Å². The molecule has 0 radical (unpaired) electrons. The normalized spacial score (nSPS) is 18.1. The molecule has 2 aromatic rings. The Bertz CT molecular complexity index is 1030. The molecule has 164 valence electrons. The van der Waals surface area contributed by atoms with E-state index in [-0.39, 0.29) is 11.3 Å². The van der Waals surface area contributed by atoms with Crippen LogP contribution in [0.25, 0.3) is 5.76 Å². The molecule has 1 atom stereocenters. The van der Waals surface area contributed by atoms with Gasteiger partial charge in [-0.15, -0.1) is 0 Å². The molecule has 31 heavy (non-hydrogen) atoms. The summed E-state index contributed by atoms with van der Waals surface area (Å²) >= 11 is 3.45. The summed E-state index contributed by atoms with van der Waals surface area (Å²) in [7, 11) is 5.49. The monoisotopic (exact) mass is 486 g/mol. The number of carbonyl (C=O) groups is 2. The van der Waals surface area contributed by atoms with Crippen LogP contribution in [0, 0.1) is 6.92 Å². The predicted molar refractivity (Wildman–Crippen MR) is 124 cm³/mol. The van der Waals surface area contributed by atoms with Crippen LogP contribution in [-0.4, -0.2) is 60.9 Å². The Morgan fingerprint density at radius 3 is 2.58 bits per heavy atom. The summed E-state index contributed by atoms with van der Waals surface area (Å²) in [6, 6.07) is 11.9. The van der Waals surface area contributed by atoms with Crippen molar-refractivity contribution in [2.75, 3.05) is 34.3 Å². The average Bonchev–Trinajstić information content (AvgIpc) is 3.00. The second-order valence-corrected chi connectivity index (χ2v) is 8.74. The number of methoxy groups -OCH3 is 1. The van der Waals surface area contributed by atoms with Gasteiger partial charge in [-0.1, -0.05) is 34.1 Å². The van der Waals surface area contributed by atoms with Gasteiger partial charge in [-0.05, 0) is 69.4 Å². The molecular formula is C24H27BrN2O4. The fraction of sp³-hybridized carbons (Fsp3) is 0.333. The van der Waals surface area contributed by atoms with Crippen molar-refractivity contribution < 1.29 is 19.4 Å². The molecule has 7 heteroatoms. The fourth-order valence-corrected chi connectivity index (χ4v) is 4.02. The number of halogens is 1. The number of ether oxygens (including phenoxy) is 1. The van der Waals surface area contributed by atoms with Crippen molar-refractivity contribution >= 4 is 33.4 Å². The largest absolute Gasteiger partial charge is 0.507 e. The highest BCUT2D eigenvalue weighted by Gasteiger charge is 2.45. The number of ketones is 1. The maximum absolute atomic E-state index is 13.1. The smallest absolute Gasteiger partial charge is 0.295 e. The highest BCUT2D eigenvalue weighted by Crippen LogP contribution is 2.40. The lowest BCUT2D eigenvalue weighted by atomic mass is 9.94. The standard InChI is InChI=1S/C24H27BrN2O4/c1-15-13-17(9-10-19(15)25)22(28)20-21(16-7-5-8-18(14-16)31-4)27(24(30)23(20)29)12-6-11-26(2)3/h5,7-10,13-14,21,28H,6,11-12H2,1-4H3/b22-20-. The summed E-state index contributed by atoms with van der Waals surface area (Å²) in [4.78, 5) is 29.6. The molecule has 0 saturated carbocycles. The lowest BCUT2D eigenvalue weighted by Gasteiger charge is -2.26. The van der Waals surface area contributed by atoms with E-state index in [0.717, 1.165) is 22.1 Å². The van der Waals surface area contributed by atoms with E-state index in [1.165, 1.54) is 0 Å². The van der Waals surface area contributed by atoms with Crippen LogP contribution < -0.4 is 4.74 Å². The van der Waals surface area contributed by atoms with Crippen LogP contribution in [0.3, 0.4) is 0 Å². The number of hydrogen-bond acceptors (Lipinski definition) is 5. The third-order valence-corrected chi connectivity index (χ3v) is 6.27. The summed E-state index contributed by atoms with van der Waals surface area (Å²) in [6.45, 7) is 3.08. The van der Waals surface area contributed by atoms with E-state index >= 15 is 0 Å². The SMILES string of the molecule is COc1cccc(C2/C(=C(/O)c3ccc(Br)c(C)c3)C(=O)C(=O)N2CCCN(C)C)c1. The van der Waals surface area contributed by atoms with Gasteiger partial charge in [-0.2, -0.15) is 0 Å². The van der Waals surface area contributed by atoms with Crippen molar-refractivity contribution in [3.63, 3.8) is 0 Å². The van der Waals surface area contributed by atoms with Gasteiger partial charge in [0.05, 0.1) is 18.7 Å². The zero-order chi connectivity index (χ0) is 22.7. The Kier molecular flexibility index (Phi) is 7.18. The first kappa shape index (κ1) is 23.0. The average molecular weight is 487 g/mol. The topological polar surface area (TPSA) is 70.1 Å². The maximum Gasteiger partial charge on any atom is 0.295 e. The molecule has 0 aliphatic carbocycles. The van der Waals surface area contributed by atoms with Crippen LogP contribution in [0.2, 0.25) is 0 Å². The minimum Gasteiger partial charge on any atom is -0.507 e. The number of Topliss-reactive ketones (excluding diaryl/α,β-unsaturated/α-hetero) is 1. The molecule has 6 nitrogen and oxygen atoms in total. The van der Waals surface area contributed by atoms with Crippen molar-refractivity contribution in [3.05, 3.63) is 69.2 Å². The Balaban J connectivity index is 2.13. The van der Waals surface area contributed by atoms with E-state index in [9.17, 15) is 14.7 Å². The highest BCUT2D eigenvalue weighted by molar-refractivity contribution is 9.10. The molecule has 1 amide bonds. The molecule has 3 rings (SSSR count). The molecular weight excluding hydrogens is 460 g/mol. The Labute approximate surface area is 191 Å². The van der Waals surface area contributed by atoms with Crippen molar-refractivity contribution in [2.24, 2.45) is 0 Å². The van der Waals surface area contributed by atoms with E-state index in [1.54, 1.807) is 36.3 Å². The van der Waals surface area contributed by atoms with E-state index in [0.29, 0.717) is 24.3 Å². The van der Waals surface area contributed by atoms with Crippen LogP contribution in [0.15, 0.2) is 52.5 Å². The number of aliphatic hydroxyl groups excluding tert-OH is 1. The second-order valence-electron chi connectivity index (χ2n) is 7.89. The summed E-state index contributed by atoms with van der Waals surface area (Å²) in [6.07, 6.45) is 0.706. The molecule has 0 spiro atoms. The molecule has 1 fully saturated rings. The second kappa shape index (κ2) is 9.66. The number of hydrogen-bond donors (Lipinski definition) is 1. The lowest BCUT2D eigenvalue weighted by molar-refractivity contribution is -0.139. The molecule has 0 aromatic heterocycles. The molecule has 1 unspecified atom stereocenters. The first-order valence-corrected chi connectivity index (χ1v) is 10.9. The van der Waals surface area contributed by atoms with Gasteiger partial charge < -0.3 is 19.6 Å². The van der Waals surface area contributed by atoms with Crippen molar-refractivity contribution in [3.8, 4) is 5.75 Å². The Hall–Kier alpha value is -2.64. The molecule has 1 saturated heterocycles. The fourth-order valence-electron chi connectivity index (χ4n) is 3.77. The van der Waals surface area contributed by atoms with Crippen molar-refractivity contribution in [1.82, 2.24) is 9.80 Å². The van der Waals surface area contributed by atoms with Crippen molar-refractivity contribution in [1.29, 1.82) is 0 Å². The molecule has 2 aromatic carbocycles. The van der Waals surface area contributed by atoms with Gasteiger partial charge in [0, 0.05) is 16.6 Å². The third kappa shape index (κ3) is 4.83. The number of likely N-dealkylation sites (tertiary alicyclic amines) is 1. The first-order chi connectivity index (χ1) is 14.7. The van der Waals surface area contributed by atoms with Gasteiger partial charge in [0.15, 0.2) is 0 Å². The number of benzene rings is 2. The minimum absolute atomic E-state index is 0.102. The van der Waals surface area contributed by atoms with Crippen LogP contribution in [0.5, 0.6) is 5.75 Å². The summed E-state index contributed by atoms with van der Waals surface area (Å²) in [5.74, 6) is -0.814.